The molecule has 0 aromatic rings. The topological polar surface area (TPSA) is 460 Å². The first-order valence-corrected chi connectivity index (χ1v) is 28.0. The summed E-state index contributed by atoms with van der Waals surface area (Å²) in [6.07, 6.45) is 42.5. The van der Waals surface area contributed by atoms with Crippen LogP contribution in [0.3, 0.4) is 0 Å². The number of rotatable bonds is 30. The molecule has 0 aliphatic carbocycles. The Kier molecular flexibility index (Phi) is 81.0. The number of hydrogen-bond donors (Lipinski definition) is 12. The SMILES string of the molecule is CC(=O)[O-].CC(=O)[O-].CCCCCCCC/C=C\CCCCCCCC(=O)O.CCCCCCCC/C=C\CCCCCCCC(=O)O.O=P(O)(O)O.O=P(O)(O)O.O=S(=O)(O)O.O=S(=O)(O)O.[Pb+2]. The third-order valence-electron chi connectivity index (χ3n) is 7.30. The second-order valence-electron chi connectivity index (χ2n) is 14.4. The van der Waals surface area contributed by atoms with Crippen LogP contribution in [-0.4, -0.2) is 126 Å². The molecule has 0 aromatic carbocycles. The van der Waals surface area contributed by atoms with Crippen LogP contribution < -0.4 is 10.2 Å². The third kappa shape index (κ3) is 263. The van der Waals surface area contributed by atoms with Crippen molar-refractivity contribution < 1.29 is 113 Å². The Morgan fingerprint density at radius 2 is 0.536 bits per heavy atom. The van der Waals surface area contributed by atoms with Crippen LogP contribution in [0, 0.1) is 0 Å². The molecule has 0 saturated heterocycles. The number of unbranched alkanes of at least 4 members (excludes halogenated alkanes) is 22. The number of hydrogen-bond acceptors (Lipinski definition) is 12. The molecule has 29 heteroatoms. The third-order valence-corrected chi connectivity index (χ3v) is 7.30. The molecular weight excluding hydrogens is 1200 g/mol. The van der Waals surface area contributed by atoms with Crippen molar-refractivity contribution in [1.82, 2.24) is 0 Å². The van der Waals surface area contributed by atoms with E-state index in [1.165, 1.54) is 141 Å². The Morgan fingerprint density at radius 3 is 0.681 bits per heavy atom. The maximum Gasteiger partial charge on any atom is 2.00 e. The predicted molar refractivity (Wildman–Crippen MR) is 258 cm³/mol. The number of carboxylic acid groups (broad SMARTS) is 4. The smallest absolute Gasteiger partial charge is 0.550 e. The summed E-state index contributed by atoms with van der Waals surface area (Å²) in [6, 6.07) is 0. The van der Waals surface area contributed by atoms with Crippen LogP contribution in [0.1, 0.15) is 207 Å². The van der Waals surface area contributed by atoms with E-state index in [1.807, 2.05) is 0 Å². The first-order chi connectivity index (χ1) is 31.0. The minimum Gasteiger partial charge on any atom is -0.550 e. The average molecular weight is 1280 g/mol. The van der Waals surface area contributed by atoms with Crippen LogP contribution in [0.2, 0.25) is 0 Å². The maximum absolute atomic E-state index is 10.3. The zero-order valence-corrected chi connectivity index (χ0v) is 47.9. The molecule has 0 atom stereocenters. The molecule has 0 saturated carbocycles. The van der Waals surface area contributed by atoms with E-state index in [2.05, 4.69) is 38.2 Å². The first kappa shape index (κ1) is 87.0. The summed E-state index contributed by atoms with van der Waals surface area (Å²) in [5.74, 6) is -3.50. The van der Waals surface area contributed by atoms with Gasteiger partial charge in [-0.1, -0.05) is 141 Å². The van der Waals surface area contributed by atoms with Crippen molar-refractivity contribution in [1.29, 1.82) is 0 Å². The zero-order valence-electron chi connectivity index (χ0n) is 40.6. The molecule has 0 aliphatic heterocycles. The number of aliphatic carboxylic acids is 4. The van der Waals surface area contributed by atoms with E-state index in [0.717, 1.165) is 39.5 Å². The van der Waals surface area contributed by atoms with Gasteiger partial charge in [0.15, 0.2) is 0 Å². The van der Waals surface area contributed by atoms with Crippen LogP contribution in [-0.2, 0) is 49.1 Å². The summed E-state index contributed by atoms with van der Waals surface area (Å²) in [5, 5.41) is 34.8. The standard InChI is InChI=1S/2C18H34O2.2C2H4O2.2H3O4P.2H2O4S.Pb/c2*1-2-3-4-5-6-7-8-9-10-11-12-13-14-15-16-17-18(19)20;2*1-2(3)4;4*1-5(2,3)4;/h2*9-10H,2-8,11-17H2,1H3,(H,19,20);2*1H3,(H,3,4);2*(H3,1,2,3,4);2*(H2,1,2,3,4);/q;;;;;;;;+2/p-2/b2*10-9-;;;;;;;. The molecule has 0 fully saturated rings. The predicted octanol–water partition coefficient (Wildman–Crippen LogP) is 6.19. The summed E-state index contributed by atoms with van der Waals surface area (Å²) in [5.41, 5.74) is 0. The van der Waals surface area contributed by atoms with Crippen molar-refractivity contribution in [2.75, 3.05) is 0 Å². The number of allylic oxidation sites excluding steroid dienone is 4. The second kappa shape index (κ2) is 64.3. The van der Waals surface area contributed by atoms with E-state index in [0.29, 0.717) is 12.8 Å². The van der Waals surface area contributed by atoms with E-state index < -0.39 is 60.3 Å². The number of carboxylic acids is 4. The largest absolute Gasteiger partial charge is 2.00 e. The van der Waals surface area contributed by atoms with Crippen molar-refractivity contribution in [2.24, 2.45) is 0 Å². The summed E-state index contributed by atoms with van der Waals surface area (Å²) in [7, 11) is -18.6. The van der Waals surface area contributed by atoms with Crippen molar-refractivity contribution >= 4 is 87.6 Å². The summed E-state index contributed by atoms with van der Waals surface area (Å²) >= 11 is 0. The van der Waals surface area contributed by atoms with E-state index in [-0.39, 0.29) is 27.3 Å². The van der Waals surface area contributed by atoms with E-state index in [9.17, 15) is 9.59 Å². The maximum atomic E-state index is 10.3. The minimum atomic E-state index is -4.67. The zero-order chi connectivity index (χ0) is 54.9. The van der Waals surface area contributed by atoms with Crippen molar-refractivity contribution in [3.8, 4) is 0 Å². The van der Waals surface area contributed by atoms with Gasteiger partial charge in [-0.3, -0.25) is 27.8 Å². The Balaban J connectivity index is -0.0000000958. The normalized spacial score (nSPS) is 10.6. The van der Waals surface area contributed by atoms with Crippen LogP contribution >= 0.6 is 15.6 Å². The van der Waals surface area contributed by atoms with Crippen LogP contribution in [0.4, 0.5) is 0 Å². The monoisotopic (exact) mass is 1280 g/mol. The van der Waals surface area contributed by atoms with Crippen molar-refractivity contribution in [2.45, 2.75) is 207 Å². The molecule has 0 aromatic heterocycles. The van der Waals surface area contributed by atoms with Gasteiger partial charge in [0.1, 0.15) is 0 Å². The Bertz CT molecular complexity index is 1370. The van der Waals surface area contributed by atoms with Crippen LogP contribution in [0.25, 0.3) is 0 Å². The van der Waals surface area contributed by atoms with Gasteiger partial charge in [0, 0.05) is 24.8 Å². The van der Waals surface area contributed by atoms with E-state index in [1.54, 1.807) is 0 Å². The van der Waals surface area contributed by atoms with E-state index >= 15 is 0 Å². The Hall–Kier alpha value is -1.76. The quantitative estimate of drug-likeness (QED) is 0.0125. The van der Waals surface area contributed by atoms with Gasteiger partial charge in [0.05, 0.1) is 0 Å². The summed E-state index contributed by atoms with van der Waals surface area (Å²) in [4.78, 5) is 81.6. The molecule has 0 aliphatic rings. The van der Waals surface area contributed by atoms with Gasteiger partial charge < -0.3 is 59.4 Å². The van der Waals surface area contributed by atoms with Gasteiger partial charge in [-0.15, -0.1) is 0 Å². The fourth-order valence-electron chi connectivity index (χ4n) is 4.69. The molecule has 0 rings (SSSR count). The first-order valence-electron chi connectivity index (χ1n) is 22.1. The van der Waals surface area contributed by atoms with Gasteiger partial charge in [-0.2, -0.15) is 16.8 Å². The average Bonchev–Trinajstić information content (AvgIpc) is 3.12. The van der Waals surface area contributed by atoms with Gasteiger partial charge >= 0.3 is 75.7 Å². The number of carbonyl (C=O) groups excluding carboxylic acids is 2. The second-order valence-corrected chi connectivity index (χ2v) is 18.2. The number of phosphoric acid groups is 2. The molecule has 2 radical (unpaired) electrons. The molecule has 0 amide bonds. The molecule has 0 heterocycles. The van der Waals surface area contributed by atoms with Gasteiger partial charge in [0.2, 0.25) is 0 Å². The van der Waals surface area contributed by atoms with Crippen LogP contribution in [0.15, 0.2) is 24.3 Å². The molecule has 0 bridgehead atoms. The van der Waals surface area contributed by atoms with Crippen molar-refractivity contribution in [3.63, 3.8) is 0 Å². The van der Waals surface area contributed by atoms with Crippen molar-refractivity contribution in [3.05, 3.63) is 24.3 Å². The molecule has 24 nitrogen and oxygen atoms in total. The van der Waals surface area contributed by atoms with Gasteiger partial charge in [-0.05, 0) is 78.1 Å². The molecule has 0 spiro atoms. The summed E-state index contributed by atoms with van der Waals surface area (Å²) in [6.45, 7) is 6.46. The Morgan fingerprint density at radius 1 is 0.406 bits per heavy atom. The van der Waals surface area contributed by atoms with Crippen LogP contribution in [0.5, 0.6) is 0 Å². The van der Waals surface area contributed by atoms with Gasteiger partial charge in [0.25, 0.3) is 0 Å². The molecule has 12 N–H and O–H groups in total. The Labute approximate surface area is 430 Å². The minimum absolute atomic E-state index is 0. The van der Waals surface area contributed by atoms with E-state index in [4.69, 9.17) is 104 Å². The van der Waals surface area contributed by atoms with Gasteiger partial charge in [-0.25, -0.2) is 9.13 Å². The fraction of sp³-hybridized carbons (Fsp3) is 0.800. The molecular formula is C40H84O24P2PbS2. The fourth-order valence-corrected chi connectivity index (χ4v) is 4.69. The summed E-state index contributed by atoms with van der Waals surface area (Å²) < 4.78 is 80.9. The molecule has 0 unspecified atom stereocenters. The molecule has 414 valence electrons. The number of carbonyl (C=O) groups is 4. The molecule has 69 heavy (non-hydrogen) atoms.